The van der Waals surface area contributed by atoms with Gasteiger partial charge in [0.1, 0.15) is 10.6 Å². The molecule has 132 valence electrons. The Balaban J connectivity index is 1.79. The zero-order valence-corrected chi connectivity index (χ0v) is 16.6. The highest BCUT2D eigenvalue weighted by atomic mass is 79.9. The summed E-state index contributed by atoms with van der Waals surface area (Å²) >= 11 is 5.25. The monoisotopic (exact) mass is 421 g/mol. The molecular formula is C17H20BrN5OS. The van der Waals surface area contributed by atoms with Crippen LogP contribution in [-0.2, 0) is 7.05 Å². The number of thiophene rings is 1. The van der Waals surface area contributed by atoms with E-state index in [1.165, 1.54) is 0 Å². The molecule has 3 aromatic rings. The molecule has 4 rings (SSSR count). The first-order valence-corrected chi connectivity index (χ1v) is 9.99. The number of aliphatic hydroxyl groups is 1. The Hall–Kier alpha value is -1.51. The van der Waals surface area contributed by atoms with E-state index < -0.39 is 0 Å². The van der Waals surface area contributed by atoms with E-state index in [0.717, 1.165) is 50.5 Å². The highest BCUT2D eigenvalue weighted by molar-refractivity contribution is 9.11. The molecule has 1 saturated carbocycles. The van der Waals surface area contributed by atoms with Gasteiger partial charge in [-0.25, -0.2) is 15.0 Å². The number of nitrogens with one attached hydrogen (secondary N) is 1. The van der Waals surface area contributed by atoms with E-state index in [9.17, 15) is 5.11 Å². The standard InChI is InChI=1S/C17H20BrN5OS/c1-9-12-14(20-11-4-3-10(7-11)8-24)21-15(16-19-5-6-23(16)2)22-17(12)25-13(9)18/h5-6,10-11,24H,3-4,7-8H2,1-2H3,(H,20,21,22). The van der Waals surface area contributed by atoms with Crippen molar-refractivity contribution in [1.82, 2.24) is 19.5 Å². The quantitative estimate of drug-likeness (QED) is 0.670. The average Bonchev–Trinajstić information content (AvgIpc) is 3.28. The second-order valence-electron chi connectivity index (χ2n) is 6.64. The summed E-state index contributed by atoms with van der Waals surface area (Å²) in [5.41, 5.74) is 1.16. The van der Waals surface area contributed by atoms with Crippen LogP contribution in [0.4, 0.5) is 5.82 Å². The summed E-state index contributed by atoms with van der Waals surface area (Å²) in [4.78, 5) is 14.9. The molecule has 0 bridgehead atoms. The molecule has 0 aliphatic heterocycles. The summed E-state index contributed by atoms with van der Waals surface area (Å²) < 4.78 is 3.01. The lowest BCUT2D eigenvalue weighted by Crippen LogP contribution is -2.18. The fraction of sp³-hybridized carbons (Fsp3) is 0.471. The maximum absolute atomic E-state index is 9.40. The van der Waals surface area contributed by atoms with Crippen molar-refractivity contribution < 1.29 is 5.11 Å². The number of anilines is 1. The van der Waals surface area contributed by atoms with Gasteiger partial charge in [-0.3, -0.25) is 0 Å². The Bertz CT molecular complexity index is 921. The number of nitrogens with zero attached hydrogens (tertiary/aromatic N) is 4. The normalized spacial score (nSPS) is 20.5. The predicted octanol–water partition coefficient (Wildman–Crippen LogP) is 3.74. The Kier molecular flexibility index (Phi) is 4.51. The number of aromatic nitrogens is 4. The molecule has 2 atom stereocenters. The lowest BCUT2D eigenvalue weighted by atomic mass is 10.1. The number of rotatable bonds is 4. The first-order valence-electron chi connectivity index (χ1n) is 8.38. The lowest BCUT2D eigenvalue weighted by Gasteiger charge is -2.15. The van der Waals surface area contributed by atoms with Gasteiger partial charge in [0.15, 0.2) is 11.6 Å². The largest absolute Gasteiger partial charge is 0.396 e. The molecule has 3 heterocycles. The number of hydrogen-bond acceptors (Lipinski definition) is 6. The van der Waals surface area contributed by atoms with E-state index in [2.05, 4.69) is 33.2 Å². The van der Waals surface area contributed by atoms with Crippen LogP contribution in [0.25, 0.3) is 21.9 Å². The van der Waals surface area contributed by atoms with Crippen molar-refractivity contribution in [3.05, 3.63) is 21.7 Å². The minimum Gasteiger partial charge on any atom is -0.396 e. The summed E-state index contributed by atoms with van der Waals surface area (Å²) in [5.74, 6) is 2.64. The van der Waals surface area contributed by atoms with Crippen LogP contribution in [0.15, 0.2) is 16.2 Å². The Labute approximate surface area is 158 Å². The van der Waals surface area contributed by atoms with Gasteiger partial charge >= 0.3 is 0 Å². The maximum Gasteiger partial charge on any atom is 0.199 e. The predicted molar refractivity (Wildman–Crippen MR) is 104 cm³/mol. The molecule has 2 N–H and O–H groups in total. The van der Waals surface area contributed by atoms with Gasteiger partial charge in [-0.1, -0.05) is 0 Å². The van der Waals surface area contributed by atoms with Gasteiger partial charge < -0.3 is 15.0 Å². The van der Waals surface area contributed by atoms with E-state index in [-0.39, 0.29) is 6.61 Å². The molecule has 1 aliphatic carbocycles. The summed E-state index contributed by atoms with van der Waals surface area (Å²) in [7, 11) is 1.95. The summed E-state index contributed by atoms with van der Waals surface area (Å²) in [5, 5.41) is 14.1. The average molecular weight is 422 g/mol. The number of aliphatic hydroxyl groups excluding tert-OH is 1. The maximum atomic E-state index is 9.40. The van der Waals surface area contributed by atoms with Crippen molar-refractivity contribution in [2.75, 3.05) is 11.9 Å². The van der Waals surface area contributed by atoms with Crippen LogP contribution in [0, 0.1) is 12.8 Å². The molecule has 8 heteroatoms. The first-order chi connectivity index (χ1) is 12.1. The fourth-order valence-electron chi connectivity index (χ4n) is 3.46. The van der Waals surface area contributed by atoms with E-state index in [1.54, 1.807) is 17.5 Å². The third-order valence-electron chi connectivity index (χ3n) is 4.89. The van der Waals surface area contributed by atoms with Gasteiger partial charge in [-0.05, 0) is 53.6 Å². The molecule has 0 saturated heterocycles. The van der Waals surface area contributed by atoms with Crippen molar-refractivity contribution in [3.8, 4) is 11.6 Å². The SMILES string of the molecule is Cc1c(Br)sc2nc(-c3nccn3C)nc(NC3CCC(CO)C3)c12. The van der Waals surface area contributed by atoms with Crippen molar-refractivity contribution >= 4 is 43.3 Å². The van der Waals surface area contributed by atoms with Gasteiger partial charge in [-0.15, -0.1) is 11.3 Å². The van der Waals surface area contributed by atoms with Gasteiger partial charge in [0.05, 0.1) is 9.17 Å². The molecule has 2 unspecified atom stereocenters. The van der Waals surface area contributed by atoms with E-state index >= 15 is 0 Å². The number of imidazole rings is 1. The van der Waals surface area contributed by atoms with E-state index in [1.807, 2.05) is 17.8 Å². The topological polar surface area (TPSA) is 75.9 Å². The van der Waals surface area contributed by atoms with Gasteiger partial charge in [0, 0.05) is 32.1 Å². The Morgan fingerprint density at radius 1 is 1.40 bits per heavy atom. The zero-order chi connectivity index (χ0) is 17.6. The molecule has 0 aromatic carbocycles. The highest BCUT2D eigenvalue weighted by Crippen LogP contribution is 2.39. The van der Waals surface area contributed by atoms with Crippen molar-refractivity contribution in [1.29, 1.82) is 0 Å². The molecule has 3 aromatic heterocycles. The summed E-state index contributed by atoms with van der Waals surface area (Å²) in [6, 6.07) is 0.336. The third-order valence-corrected chi connectivity index (χ3v) is 6.95. The first kappa shape index (κ1) is 16.9. The fourth-order valence-corrected chi connectivity index (χ4v) is 5.03. The van der Waals surface area contributed by atoms with Gasteiger partial charge in [0.2, 0.25) is 0 Å². The molecular weight excluding hydrogens is 402 g/mol. The molecule has 0 amide bonds. The zero-order valence-electron chi connectivity index (χ0n) is 14.2. The Morgan fingerprint density at radius 2 is 2.24 bits per heavy atom. The highest BCUT2D eigenvalue weighted by Gasteiger charge is 2.26. The number of hydrogen-bond donors (Lipinski definition) is 2. The smallest absolute Gasteiger partial charge is 0.199 e. The number of aryl methyl sites for hydroxylation is 2. The Morgan fingerprint density at radius 3 is 2.92 bits per heavy atom. The van der Waals surface area contributed by atoms with E-state index in [0.29, 0.717) is 17.8 Å². The number of halogens is 1. The number of fused-ring (bicyclic) bond motifs is 1. The second kappa shape index (κ2) is 6.66. The summed E-state index contributed by atoms with van der Waals surface area (Å²) in [6.45, 7) is 2.35. The molecule has 1 fully saturated rings. The minimum absolute atomic E-state index is 0.263. The van der Waals surface area contributed by atoms with Gasteiger partial charge in [-0.2, -0.15) is 0 Å². The molecule has 25 heavy (non-hydrogen) atoms. The minimum atomic E-state index is 0.263. The van der Waals surface area contributed by atoms with Crippen LogP contribution >= 0.6 is 27.3 Å². The molecule has 1 aliphatic rings. The molecule has 0 radical (unpaired) electrons. The van der Waals surface area contributed by atoms with Crippen LogP contribution in [-0.4, -0.2) is 37.3 Å². The molecule has 0 spiro atoms. The van der Waals surface area contributed by atoms with Crippen LogP contribution < -0.4 is 5.32 Å². The van der Waals surface area contributed by atoms with E-state index in [4.69, 9.17) is 9.97 Å². The lowest BCUT2D eigenvalue weighted by molar-refractivity contribution is 0.229. The van der Waals surface area contributed by atoms with Crippen molar-refractivity contribution in [2.24, 2.45) is 13.0 Å². The van der Waals surface area contributed by atoms with Crippen LogP contribution in [0.1, 0.15) is 24.8 Å². The second-order valence-corrected chi connectivity index (χ2v) is 8.96. The van der Waals surface area contributed by atoms with Crippen molar-refractivity contribution in [3.63, 3.8) is 0 Å². The van der Waals surface area contributed by atoms with Crippen LogP contribution in [0.5, 0.6) is 0 Å². The summed E-state index contributed by atoms with van der Waals surface area (Å²) in [6.07, 6.45) is 6.74. The van der Waals surface area contributed by atoms with Crippen molar-refractivity contribution in [2.45, 2.75) is 32.2 Å². The van der Waals surface area contributed by atoms with Crippen LogP contribution in [0.2, 0.25) is 0 Å². The third kappa shape index (κ3) is 3.07. The van der Waals surface area contributed by atoms with Crippen LogP contribution in [0.3, 0.4) is 0 Å². The van der Waals surface area contributed by atoms with Gasteiger partial charge in [0.25, 0.3) is 0 Å². The molecule has 6 nitrogen and oxygen atoms in total.